The third kappa shape index (κ3) is 2.72. The molecule has 110 valence electrons. The van der Waals surface area contributed by atoms with Gasteiger partial charge in [-0.2, -0.15) is 0 Å². The number of hydrogen-bond donors (Lipinski definition) is 1. The lowest BCUT2D eigenvalue weighted by Gasteiger charge is -2.30. The number of ether oxygens (including phenoxy) is 2. The minimum Gasteiger partial charge on any atom is -0.497 e. The largest absolute Gasteiger partial charge is 0.497 e. The van der Waals surface area contributed by atoms with Gasteiger partial charge in [0.25, 0.3) is 0 Å². The molecule has 1 aliphatic carbocycles. The van der Waals surface area contributed by atoms with Crippen LogP contribution in [0.4, 0.5) is 4.39 Å². The van der Waals surface area contributed by atoms with Crippen LogP contribution in [0.3, 0.4) is 0 Å². The van der Waals surface area contributed by atoms with Gasteiger partial charge in [0.05, 0.1) is 7.11 Å². The molecule has 3 rings (SSSR count). The maximum Gasteiger partial charge on any atom is 0.165 e. The Morgan fingerprint density at radius 2 is 2.00 bits per heavy atom. The van der Waals surface area contributed by atoms with Crippen molar-refractivity contribution >= 4 is 0 Å². The molecule has 0 amide bonds. The highest BCUT2D eigenvalue weighted by molar-refractivity contribution is 5.39. The molecule has 1 aliphatic rings. The molecule has 2 atom stereocenters. The second-order valence-corrected chi connectivity index (χ2v) is 5.13. The molecular formula is C17H17FO3. The van der Waals surface area contributed by atoms with Crippen LogP contribution >= 0.6 is 0 Å². The molecule has 1 N–H and O–H groups in total. The minimum atomic E-state index is -0.788. The van der Waals surface area contributed by atoms with Crippen molar-refractivity contribution in [2.75, 3.05) is 7.11 Å². The fourth-order valence-corrected chi connectivity index (χ4v) is 2.69. The van der Waals surface area contributed by atoms with Crippen LogP contribution in [0.5, 0.6) is 11.5 Å². The van der Waals surface area contributed by atoms with Crippen molar-refractivity contribution < 1.29 is 19.0 Å². The van der Waals surface area contributed by atoms with E-state index < -0.39 is 18.0 Å². The van der Waals surface area contributed by atoms with Crippen molar-refractivity contribution in [3.63, 3.8) is 0 Å². The van der Waals surface area contributed by atoms with Crippen molar-refractivity contribution in [1.29, 1.82) is 0 Å². The Balaban J connectivity index is 1.85. The molecule has 3 nitrogen and oxygen atoms in total. The molecule has 0 bridgehead atoms. The van der Waals surface area contributed by atoms with Gasteiger partial charge in [-0.15, -0.1) is 0 Å². The van der Waals surface area contributed by atoms with E-state index in [0.29, 0.717) is 12.2 Å². The first-order chi connectivity index (χ1) is 10.2. The van der Waals surface area contributed by atoms with Crippen LogP contribution in [-0.2, 0) is 6.42 Å². The van der Waals surface area contributed by atoms with Crippen LogP contribution in [0.2, 0.25) is 0 Å². The van der Waals surface area contributed by atoms with E-state index in [1.807, 2.05) is 18.2 Å². The third-order valence-electron chi connectivity index (χ3n) is 3.84. The van der Waals surface area contributed by atoms with Crippen LogP contribution in [0.25, 0.3) is 0 Å². The Kier molecular flexibility index (Phi) is 3.80. The van der Waals surface area contributed by atoms with Crippen molar-refractivity contribution in [2.45, 2.75) is 25.0 Å². The zero-order valence-corrected chi connectivity index (χ0v) is 11.8. The van der Waals surface area contributed by atoms with E-state index >= 15 is 0 Å². The molecule has 4 heteroatoms. The third-order valence-corrected chi connectivity index (χ3v) is 3.84. The summed E-state index contributed by atoms with van der Waals surface area (Å²) < 4.78 is 24.5. The van der Waals surface area contributed by atoms with Crippen LogP contribution in [0.15, 0.2) is 42.5 Å². The number of para-hydroxylation sites is 1. The van der Waals surface area contributed by atoms with Crippen molar-refractivity contribution in [1.82, 2.24) is 0 Å². The summed E-state index contributed by atoms with van der Waals surface area (Å²) in [5.74, 6) is 0.452. The lowest BCUT2D eigenvalue weighted by molar-refractivity contribution is 0.0208. The smallest absolute Gasteiger partial charge is 0.165 e. The Morgan fingerprint density at radius 1 is 1.19 bits per heavy atom. The summed E-state index contributed by atoms with van der Waals surface area (Å²) in [4.78, 5) is 0. The Morgan fingerprint density at radius 3 is 2.76 bits per heavy atom. The van der Waals surface area contributed by atoms with Gasteiger partial charge in [-0.1, -0.05) is 18.2 Å². The quantitative estimate of drug-likeness (QED) is 0.942. The van der Waals surface area contributed by atoms with E-state index in [0.717, 1.165) is 17.5 Å². The van der Waals surface area contributed by atoms with E-state index in [4.69, 9.17) is 9.47 Å². The number of aliphatic hydroxyl groups excluding tert-OH is 1. The van der Waals surface area contributed by atoms with E-state index in [2.05, 4.69) is 0 Å². The molecule has 0 aromatic heterocycles. The summed E-state index contributed by atoms with van der Waals surface area (Å²) in [6.45, 7) is 0. The van der Waals surface area contributed by atoms with Gasteiger partial charge in [0.15, 0.2) is 11.6 Å². The number of halogens is 1. The predicted molar refractivity (Wildman–Crippen MR) is 77.1 cm³/mol. The van der Waals surface area contributed by atoms with Gasteiger partial charge in [-0.05, 0) is 48.2 Å². The summed E-state index contributed by atoms with van der Waals surface area (Å²) >= 11 is 0. The first-order valence-electron chi connectivity index (χ1n) is 6.95. The summed E-state index contributed by atoms with van der Waals surface area (Å²) in [5, 5.41) is 10.5. The van der Waals surface area contributed by atoms with Gasteiger partial charge in [-0.25, -0.2) is 4.39 Å². The Hall–Kier alpha value is -2.07. The molecule has 21 heavy (non-hydrogen) atoms. The number of hydrogen-bond acceptors (Lipinski definition) is 3. The molecule has 2 unspecified atom stereocenters. The van der Waals surface area contributed by atoms with E-state index in [1.54, 1.807) is 25.3 Å². The molecule has 0 spiro atoms. The van der Waals surface area contributed by atoms with Crippen molar-refractivity contribution in [2.24, 2.45) is 0 Å². The molecule has 0 radical (unpaired) electrons. The maximum absolute atomic E-state index is 13.7. The number of aliphatic hydroxyl groups is 1. The SMILES string of the molecule is COc1ccc2c(c1)C(O)C(Oc1ccccc1F)CC2. The summed E-state index contributed by atoms with van der Waals surface area (Å²) in [6.07, 6.45) is 0.189. The Labute approximate surface area is 122 Å². The first kappa shape index (κ1) is 13.9. The fourth-order valence-electron chi connectivity index (χ4n) is 2.69. The molecule has 0 aliphatic heterocycles. The summed E-state index contributed by atoms with van der Waals surface area (Å²) in [5.41, 5.74) is 1.87. The molecular weight excluding hydrogens is 271 g/mol. The van der Waals surface area contributed by atoms with E-state index in [1.165, 1.54) is 6.07 Å². The van der Waals surface area contributed by atoms with Crippen LogP contribution in [0, 0.1) is 5.82 Å². The number of aryl methyl sites for hydroxylation is 1. The number of fused-ring (bicyclic) bond motifs is 1. The standard InChI is InChI=1S/C17H17FO3/c1-20-12-8-6-11-7-9-16(17(19)13(11)10-12)21-15-5-3-2-4-14(15)18/h2-6,8,10,16-17,19H,7,9H2,1H3. The van der Waals surface area contributed by atoms with Crippen LogP contribution < -0.4 is 9.47 Å². The second-order valence-electron chi connectivity index (χ2n) is 5.13. The van der Waals surface area contributed by atoms with Gasteiger partial charge in [-0.3, -0.25) is 0 Å². The summed E-state index contributed by atoms with van der Waals surface area (Å²) in [7, 11) is 1.59. The Bertz CT molecular complexity index is 642. The molecule has 2 aromatic carbocycles. The van der Waals surface area contributed by atoms with Gasteiger partial charge >= 0.3 is 0 Å². The summed E-state index contributed by atoms with van der Waals surface area (Å²) in [6, 6.07) is 11.9. The van der Waals surface area contributed by atoms with Gasteiger partial charge in [0, 0.05) is 0 Å². The lowest BCUT2D eigenvalue weighted by Crippen LogP contribution is -2.30. The molecule has 0 saturated heterocycles. The van der Waals surface area contributed by atoms with Crippen molar-refractivity contribution in [3.05, 3.63) is 59.4 Å². The fraction of sp³-hybridized carbons (Fsp3) is 0.294. The average molecular weight is 288 g/mol. The maximum atomic E-state index is 13.7. The second kappa shape index (κ2) is 5.74. The number of methoxy groups -OCH3 is 1. The van der Waals surface area contributed by atoms with Crippen LogP contribution in [0.1, 0.15) is 23.7 Å². The van der Waals surface area contributed by atoms with E-state index in [-0.39, 0.29) is 5.75 Å². The van der Waals surface area contributed by atoms with Gasteiger partial charge < -0.3 is 14.6 Å². The highest BCUT2D eigenvalue weighted by atomic mass is 19.1. The van der Waals surface area contributed by atoms with Crippen molar-refractivity contribution in [3.8, 4) is 11.5 Å². The lowest BCUT2D eigenvalue weighted by atomic mass is 9.87. The van der Waals surface area contributed by atoms with E-state index in [9.17, 15) is 9.50 Å². The highest BCUT2D eigenvalue weighted by Gasteiger charge is 2.30. The molecule has 0 fully saturated rings. The zero-order valence-electron chi connectivity index (χ0n) is 11.8. The number of rotatable bonds is 3. The molecule has 2 aromatic rings. The van der Waals surface area contributed by atoms with Gasteiger partial charge in [0.1, 0.15) is 18.0 Å². The molecule has 0 saturated carbocycles. The molecule has 0 heterocycles. The monoisotopic (exact) mass is 288 g/mol. The highest BCUT2D eigenvalue weighted by Crippen LogP contribution is 2.35. The first-order valence-corrected chi connectivity index (χ1v) is 6.95. The van der Waals surface area contributed by atoms with Gasteiger partial charge in [0.2, 0.25) is 0 Å². The number of benzene rings is 2. The minimum absolute atomic E-state index is 0.174. The van der Waals surface area contributed by atoms with Crippen LogP contribution in [-0.4, -0.2) is 18.3 Å². The normalized spacial score (nSPS) is 20.7. The topological polar surface area (TPSA) is 38.7 Å². The average Bonchev–Trinajstić information content (AvgIpc) is 2.52. The zero-order chi connectivity index (χ0) is 14.8. The predicted octanol–water partition coefficient (Wildman–Crippen LogP) is 3.26.